The lowest BCUT2D eigenvalue weighted by molar-refractivity contribution is 0.208. The molecule has 3 aromatic rings. The number of amides is 2. The molecule has 1 fully saturated rings. The van der Waals surface area contributed by atoms with E-state index < -0.39 is 0 Å². The maximum Gasteiger partial charge on any atom is 0.322 e. The largest absolute Gasteiger partial charge is 0.497 e. The van der Waals surface area contributed by atoms with E-state index in [0.29, 0.717) is 36.9 Å². The zero-order valence-corrected chi connectivity index (χ0v) is 17.3. The first-order valence-corrected chi connectivity index (χ1v) is 10.0. The molecule has 0 radical (unpaired) electrons. The van der Waals surface area contributed by atoms with E-state index in [1.54, 1.807) is 30.5 Å². The number of halogens is 1. The van der Waals surface area contributed by atoms with Gasteiger partial charge in [-0.2, -0.15) is 0 Å². The van der Waals surface area contributed by atoms with Crippen LogP contribution in [0.4, 0.5) is 16.3 Å². The number of nitrogens with one attached hydrogen (secondary N) is 1. The van der Waals surface area contributed by atoms with Gasteiger partial charge < -0.3 is 19.9 Å². The number of urea groups is 1. The van der Waals surface area contributed by atoms with Crippen molar-refractivity contribution in [3.8, 4) is 17.0 Å². The Bertz CT molecular complexity index is 1020. The molecule has 30 heavy (non-hydrogen) atoms. The van der Waals surface area contributed by atoms with E-state index in [2.05, 4.69) is 20.2 Å². The molecule has 0 atom stereocenters. The third kappa shape index (κ3) is 4.46. The lowest BCUT2D eigenvalue weighted by Gasteiger charge is -2.35. The molecule has 1 aromatic heterocycles. The van der Waals surface area contributed by atoms with Crippen LogP contribution in [0.3, 0.4) is 0 Å². The first-order valence-electron chi connectivity index (χ1n) is 9.66. The summed E-state index contributed by atoms with van der Waals surface area (Å²) in [5.41, 5.74) is 2.46. The average molecular weight is 424 g/mol. The first-order chi connectivity index (χ1) is 14.6. The van der Waals surface area contributed by atoms with E-state index in [1.807, 2.05) is 42.5 Å². The van der Waals surface area contributed by atoms with Crippen LogP contribution in [0.2, 0.25) is 5.02 Å². The molecule has 1 saturated heterocycles. The zero-order valence-electron chi connectivity index (χ0n) is 16.6. The number of carbonyl (C=O) groups excluding carboxylic acids is 1. The Hall–Kier alpha value is -3.32. The second kappa shape index (κ2) is 9.00. The van der Waals surface area contributed by atoms with Crippen molar-refractivity contribution >= 4 is 29.1 Å². The number of benzene rings is 2. The van der Waals surface area contributed by atoms with E-state index in [1.165, 1.54) is 0 Å². The molecule has 2 heterocycles. The maximum absolute atomic E-state index is 12.6. The summed E-state index contributed by atoms with van der Waals surface area (Å²) in [6.07, 6.45) is 1.57. The van der Waals surface area contributed by atoms with E-state index in [-0.39, 0.29) is 6.03 Å². The molecule has 1 aliphatic rings. The van der Waals surface area contributed by atoms with Gasteiger partial charge in [0.2, 0.25) is 0 Å². The standard InChI is InChI=1S/C22H22ClN5O2/c1-30-17-8-6-16(7-9-17)20-14-21(25-15-24-20)27-10-12-28(13-11-27)22(29)26-19-5-3-2-4-18(19)23/h2-9,14-15H,10-13H2,1H3,(H,26,29). The summed E-state index contributed by atoms with van der Waals surface area (Å²) in [5, 5.41) is 3.40. The number of piperazine rings is 1. The normalized spacial score (nSPS) is 13.8. The molecular weight excluding hydrogens is 402 g/mol. The number of methoxy groups -OCH3 is 1. The quantitative estimate of drug-likeness (QED) is 0.682. The number of hydrogen-bond donors (Lipinski definition) is 1. The van der Waals surface area contributed by atoms with Gasteiger partial charge in [-0.1, -0.05) is 23.7 Å². The minimum absolute atomic E-state index is 0.149. The number of carbonyl (C=O) groups is 1. The van der Waals surface area contributed by atoms with Crippen LogP contribution in [0.5, 0.6) is 5.75 Å². The van der Waals surface area contributed by atoms with Gasteiger partial charge in [-0.3, -0.25) is 0 Å². The topological polar surface area (TPSA) is 70.6 Å². The number of hydrogen-bond acceptors (Lipinski definition) is 5. The number of nitrogens with zero attached hydrogens (tertiary/aromatic N) is 4. The fourth-order valence-corrected chi connectivity index (χ4v) is 3.52. The highest BCUT2D eigenvalue weighted by Crippen LogP contribution is 2.24. The predicted molar refractivity (Wildman–Crippen MR) is 118 cm³/mol. The Morgan fingerprint density at radius 1 is 1.03 bits per heavy atom. The molecule has 0 bridgehead atoms. The Kier molecular flexibility index (Phi) is 5.99. The van der Waals surface area contributed by atoms with Crippen LogP contribution in [-0.4, -0.2) is 54.2 Å². The SMILES string of the molecule is COc1ccc(-c2cc(N3CCN(C(=O)Nc4ccccc4Cl)CC3)ncn2)cc1. The Morgan fingerprint density at radius 3 is 2.47 bits per heavy atom. The van der Waals surface area contributed by atoms with Crippen LogP contribution in [0.15, 0.2) is 60.9 Å². The number of ether oxygens (including phenoxy) is 1. The second-order valence-corrected chi connectivity index (χ2v) is 7.28. The maximum atomic E-state index is 12.6. The number of anilines is 2. The third-order valence-electron chi connectivity index (χ3n) is 5.04. The van der Waals surface area contributed by atoms with Crippen molar-refractivity contribution < 1.29 is 9.53 Å². The van der Waals surface area contributed by atoms with Crippen molar-refractivity contribution in [2.24, 2.45) is 0 Å². The van der Waals surface area contributed by atoms with E-state index in [0.717, 1.165) is 22.8 Å². The van der Waals surface area contributed by atoms with Crippen LogP contribution in [0, 0.1) is 0 Å². The molecule has 4 rings (SSSR count). The van der Waals surface area contributed by atoms with E-state index in [9.17, 15) is 4.79 Å². The first kappa shape index (κ1) is 20.0. The van der Waals surface area contributed by atoms with Crippen molar-refractivity contribution in [3.63, 3.8) is 0 Å². The smallest absolute Gasteiger partial charge is 0.322 e. The average Bonchev–Trinajstić information content (AvgIpc) is 2.81. The van der Waals surface area contributed by atoms with Gasteiger partial charge in [-0.25, -0.2) is 14.8 Å². The van der Waals surface area contributed by atoms with Gasteiger partial charge >= 0.3 is 6.03 Å². The van der Waals surface area contributed by atoms with Crippen LogP contribution >= 0.6 is 11.6 Å². The number of para-hydroxylation sites is 1. The summed E-state index contributed by atoms with van der Waals surface area (Å²) < 4.78 is 5.21. The van der Waals surface area contributed by atoms with Crippen LogP contribution in [0.25, 0.3) is 11.3 Å². The Balaban J connectivity index is 1.39. The number of aromatic nitrogens is 2. The molecular formula is C22H22ClN5O2. The minimum Gasteiger partial charge on any atom is -0.497 e. The molecule has 0 aliphatic carbocycles. The molecule has 1 aliphatic heterocycles. The van der Waals surface area contributed by atoms with Gasteiger partial charge in [0.05, 0.1) is 23.5 Å². The summed E-state index contributed by atoms with van der Waals surface area (Å²) in [6, 6.07) is 16.8. The molecule has 2 amide bonds. The minimum atomic E-state index is -0.149. The molecule has 8 heteroatoms. The number of rotatable bonds is 4. The summed E-state index contributed by atoms with van der Waals surface area (Å²) in [4.78, 5) is 25.3. The van der Waals surface area contributed by atoms with E-state index >= 15 is 0 Å². The molecule has 2 aromatic carbocycles. The molecule has 154 valence electrons. The second-order valence-electron chi connectivity index (χ2n) is 6.87. The third-order valence-corrected chi connectivity index (χ3v) is 5.37. The monoisotopic (exact) mass is 423 g/mol. The van der Waals surface area contributed by atoms with Crippen molar-refractivity contribution in [2.75, 3.05) is 43.5 Å². The zero-order chi connectivity index (χ0) is 20.9. The van der Waals surface area contributed by atoms with Gasteiger partial charge in [0.25, 0.3) is 0 Å². The fourth-order valence-electron chi connectivity index (χ4n) is 3.34. The van der Waals surface area contributed by atoms with Crippen LogP contribution in [-0.2, 0) is 0 Å². The van der Waals surface area contributed by atoms with E-state index in [4.69, 9.17) is 16.3 Å². The lowest BCUT2D eigenvalue weighted by atomic mass is 10.1. The highest BCUT2D eigenvalue weighted by atomic mass is 35.5. The lowest BCUT2D eigenvalue weighted by Crippen LogP contribution is -2.50. The molecule has 0 saturated carbocycles. The Morgan fingerprint density at radius 2 is 1.77 bits per heavy atom. The van der Waals surface area contributed by atoms with Crippen molar-refractivity contribution in [1.82, 2.24) is 14.9 Å². The highest BCUT2D eigenvalue weighted by Gasteiger charge is 2.22. The highest BCUT2D eigenvalue weighted by molar-refractivity contribution is 6.33. The fraction of sp³-hybridized carbons (Fsp3) is 0.227. The molecule has 0 spiro atoms. The summed E-state index contributed by atoms with van der Waals surface area (Å²) in [6.45, 7) is 2.57. The summed E-state index contributed by atoms with van der Waals surface area (Å²) in [7, 11) is 1.64. The Labute approximate surface area is 180 Å². The van der Waals surface area contributed by atoms with Crippen LogP contribution in [0.1, 0.15) is 0 Å². The molecule has 7 nitrogen and oxygen atoms in total. The van der Waals surface area contributed by atoms with Crippen molar-refractivity contribution in [2.45, 2.75) is 0 Å². The van der Waals surface area contributed by atoms with Gasteiger partial charge in [0.1, 0.15) is 17.9 Å². The van der Waals surface area contributed by atoms with Gasteiger partial charge in [-0.15, -0.1) is 0 Å². The van der Waals surface area contributed by atoms with Crippen molar-refractivity contribution in [1.29, 1.82) is 0 Å². The van der Waals surface area contributed by atoms with Gasteiger partial charge in [0.15, 0.2) is 0 Å². The van der Waals surface area contributed by atoms with Crippen molar-refractivity contribution in [3.05, 3.63) is 65.9 Å². The molecule has 0 unspecified atom stereocenters. The molecule has 1 N–H and O–H groups in total. The summed E-state index contributed by atoms with van der Waals surface area (Å²) >= 11 is 6.13. The summed E-state index contributed by atoms with van der Waals surface area (Å²) in [5.74, 6) is 1.65. The van der Waals surface area contributed by atoms with Gasteiger partial charge in [0, 0.05) is 37.8 Å². The van der Waals surface area contributed by atoms with Crippen LogP contribution < -0.4 is 15.0 Å². The van der Waals surface area contributed by atoms with Gasteiger partial charge in [-0.05, 0) is 36.4 Å². The predicted octanol–water partition coefficient (Wildman–Crippen LogP) is 4.16.